The van der Waals surface area contributed by atoms with Gasteiger partial charge in [-0.25, -0.2) is 0 Å². The van der Waals surface area contributed by atoms with Crippen LogP contribution in [0.2, 0.25) is 0 Å². The molecule has 3 N–H and O–H groups in total. The number of rotatable bonds is 2. The van der Waals surface area contributed by atoms with Gasteiger partial charge in [0.15, 0.2) is 0 Å². The molecule has 0 aromatic heterocycles. The molecule has 0 spiro atoms. The Kier molecular flexibility index (Phi) is 3.76. The topological polar surface area (TPSA) is 46.2 Å². The minimum atomic E-state index is -0.515. The van der Waals surface area contributed by atoms with Gasteiger partial charge in [0.05, 0.1) is 12.1 Å². The van der Waals surface area contributed by atoms with E-state index in [9.17, 15) is 5.11 Å². The number of hydrogen-bond acceptors (Lipinski definition) is 2. The molecule has 0 fully saturated rings. The van der Waals surface area contributed by atoms with E-state index in [0.29, 0.717) is 0 Å². The second-order valence-corrected chi connectivity index (χ2v) is 4.81. The van der Waals surface area contributed by atoms with Gasteiger partial charge < -0.3 is 10.8 Å². The first kappa shape index (κ1) is 13.2. The lowest BCUT2D eigenvalue weighted by Gasteiger charge is -2.24. The lowest BCUT2D eigenvalue weighted by molar-refractivity contribution is 0.163. The predicted octanol–water partition coefficient (Wildman–Crippen LogP) is 2.61. The summed E-state index contributed by atoms with van der Waals surface area (Å²) in [4.78, 5) is 0. The van der Waals surface area contributed by atoms with Crippen molar-refractivity contribution in [1.29, 1.82) is 0 Å². The van der Waals surface area contributed by atoms with Gasteiger partial charge in [-0.3, -0.25) is 0 Å². The van der Waals surface area contributed by atoms with Crippen LogP contribution in [0.1, 0.15) is 46.3 Å². The fourth-order valence-corrected chi connectivity index (χ4v) is 2.27. The zero-order valence-corrected chi connectivity index (χ0v) is 11.2. The lowest BCUT2D eigenvalue weighted by atomic mass is 9.85. The SMILES string of the molecule is Cc1c(C)c(C)c([C@H](N)[C@@H](C)O)c(C)c1C. The molecule has 0 aliphatic heterocycles. The predicted molar refractivity (Wildman–Crippen MR) is 68.7 cm³/mol. The van der Waals surface area contributed by atoms with Gasteiger partial charge in [-0.05, 0) is 74.9 Å². The Balaban J connectivity index is 3.51. The molecule has 0 bridgehead atoms. The highest BCUT2D eigenvalue weighted by Gasteiger charge is 2.20. The third-order valence-electron chi connectivity index (χ3n) is 3.91. The van der Waals surface area contributed by atoms with Gasteiger partial charge in [-0.15, -0.1) is 0 Å². The maximum Gasteiger partial charge on any atom is 0.0704 e. The Hall–Kier alpha value is -0.860. The van der Waals surface area contributed by atoms with Crippen LogP contribution >= 0.6 is 0 Å². The Bertz CT molecular complexity index is 379. The summed E-state index contributed by atoms with van der Waals surface area (Å²) in [6.45, 7) is 12.3. The fourth-order valence-electron chi connectivity index (χ4n) is 2.27. The van der Waals surface area contributed by atoms with Crippen LogP contribution in [0.5, 0.6) is 0 Å². The number of aliphatic hydroxyl groups excluding tert-OH is 1. The Labute approximate surface area is 98.5 Å². The molecule has 0 heterocycles. The van der Waals surface area contributed by atoms with Crippen LogP contribution in [0.4, 0.5) is 0 Å². The molecule has 0 saturated heterocycles. The zero-order chi connectivity index (χ0) is 12.6. The molecule has 0 aliphatic rings. The number of hydrogen-bond donors (Lipinski definition) is 2. The van der Waals surface area contributed by atoms with E-state index in [4.69, 9.17) is 5.73 Å². The Morgan fingerprint density at radius 1 is 0.812 bits per heavy atom. The maximum atomic E-state index is 9.65. The van der Waals surface area contributed by atoms with Crippen molar-refractivity contribution in [3.05, 3.63) is 33.4 Å². The van der Waals surface area contributed by atoms with Gasteiger partial charge >= 0.3 is 0 Å². The summed E-state index contributed by atoms with van der Waals surface area (Å²) in [7, 11) is 0. The summed E-state index contributed by atoms with van der Waals surface area (Å²) in [5.41, 5.74) is 13.5. The summed E-state index contributed by atoms with van der Waals surface area (Å²) in [5.74, 6) is 0. The smallest absolute Gasteiger partial charge is 0.0704 e. The van der Waals surface area contributed by atoms with E-state index in [1.165, 1.54) is 27.8 Å². The van der Waals surface area contributed by atoms with Gasteiger partial charge in [0, 0.05) is 0 Å². The molecule has 0 aliphatic carbocycles. The van der Waals surface area contributed by atoms with Crippen LogP contribution in [0.25, 0.3) is 0 Å². The number of nitrogens with two attached hydrogens (primary N) is 1. The summed E-state index contributed by atoms with van der Waals surface area (Å²) >= 11 is 0. The number of aliphatic hydroxyl groups is 1. The minimum absolute atomic E-state index is 0.294. The summed E-state index contributed by atoms with van der Waals surface area (Å²) in [6.07, 6.45) is -0.515. The van der Waals surface area contributed by atoms with Crippen molar-refractivity contribution in [1.82, 2.24) is 0 Å². The van der Waals surface area contributed by atoms with Crippen molar-refractivity contribution in [3.63, 3.8) is 0 Å². The normalized spacial score (nSPS) is 15.0. The second kappa shape index (κ2) is 4.56. The van der Waals surface area contributed by atoms with Crippen molar-refractivity contribution in [3.8, 4) is 0 Å². The van der Waals surface area contributed by atoms with Gasteiger partial charge in [-0.2, -0.15) is 0 Å². The van der Waals surface area contributed by atoms with Crippen molar-refractivity contribution in [2.75, 3.05) is 0 Å². The van der Waals surface area contributed by atoms with E-state index >= 15 is 0 Å². The standard InChI is InChI=1S/C14H23NO/c1-7-8(2)10(4)13(11(5)9(7)3)14(15)12(6)16/h12,14,16H,15H2,1-6H3/t12-,14-/m1/s1. The molecular weight excluding hydrogens is 198 g/mol. The van der Waals surface area contributed by atoms with E-state index in [1.807, 2.05) is 0 Å². The molecule has 0 radical (unpaired) electrons. The maximum absolute atomic E-state index is 9.65. The zero-order valence-electron chi connectivity index (χ0n) is 11.2. The number of benzene rings is 1. The molecule has 1 aromatic carbocycles. The molecule has 16 heavy (non-hydrogen) atoms. The first-order chi connectivity index (χ1) is 7.29. The first-order valence-corrected chi connectivity index (χ1v) is 5.79. The van der Waals surface area contributed by atoms with E-state index in [1.54, 1.807) is 6.92 Å². The second-order valence-electron chi connectivity index (χ2n) is 4.81. The average Bonchev–Trinajstić information content (AvgIpc) is 2.23. The molecule has 0 unspecified atom stereocenters. The highest BCUT2D eigenvalue weighted by molar-refractivity contribution is 5.50. The van der Waals surface area contributed by atoms with Crippen LogP contribution in [0, 0.1) is 34.6 Å². The van der Waals surface area contributed by atoms with Crippen LogP contribution in [-0.2, 0) is 0 Å². The third-order valence-corrected chi connectivity index (χ3v) is 3.91. The highest BCUT2D eigenvalue weighted by atomic mass is 16.3. The van der Waals surface area contributed by atoms with Gasteiger partial charge in [-0.1, -0.05) is 0 Å². The van der Waals surface area contributed by atoms with Gasteiger partial charge in [0.1, 0.15) is 0 Å². The van der Waals surface area contributed by atoms with Gasteiger partial charge in [0.25, 0.3) is 0 Å². The van der Waals surface area contributed by atoms with E-state index in [2.05, 4.69) is 34.6 Å². The molecule has 2 heteroatoms. The van der Waals surface area contributed by atoms with Crippen LogP contribution in [0.3, 0.4) is 0 Å². The summed E-state index contributed by atoms with van der Waals surface area (Å²) in [5, 5.41) is 9.65. The van der Waals surface area contributed by atoms with Crippen LogP contribution in [0.15, 0.2) is 0 Å². The highest BCUT2D eigenvalue weighted by Crippen LogP contribution is 2.30. The molecule has 0 saturated carbocycles. The third kappa shape index (κ3) is 2.00. The van der Waals surface area contributed by atoms with Crippen LogP contribution in [-0.4, -0.2) is 11.2 Å². The molecule has 2 nitrogen and oxygen atoms in total. The van der Waals surface area contributed by atoms with E-state index in [-0.39, 0.29) is 6.04 Å². The molecule has 1 aromatic rings. The van der Waals surface area contributed by atoms with Crippen molar-refractivity contribution >= 4 is 0 Å². The summed E-state index contributed by atoms with van der Waals surface area (Å²) in [6, 6.07) is -0.294. The fraction of sp³-hybridized carbons (Fsp3) is 0.571. The Morgan fingerprint density at radius 2 is 1.12 bits per heavy atom. The quantitative estimate of drug-likeness (QED) is 0.806. The molecule has 90 valence electrons. The Morgan fingerprint density at radius 3 is 1.44 bits per heavy atom. The van der Waals surface area contributed by atoms with E-state index < -0.39 is 6.10 Å². The molecule has 2 atom stereocenters. The van der Waals surface area contributed by atoms with Crippen molar-refractivity contribution < 1.29 is 5.11 Å². The molecule has 0 amide bonds. The molecule has 1 rings (SSSR count). The minimum Gasteiger partial charge on any atom is -0.391 e. The van der Waals surface area contributed by atoms with Crippen molar-refractivity contribution in [2.45, 2.75) is 53.7 Å². The summed E-state index contributed by atoms with van der Waals surface area (Å²) < 4.78 is 0. The largest absolute Gasteiger partial charge is 0.391 e. The lowest BCUT2D eigenvalue weighted by Crippen LogP contribution is -2.26. The molecular formula is C14H23NO. The monoisotopic (exact) mass is 221 g/mol. The average molecular weight is 221 g/mol. The van der Waals surface area contributed by atoms with Crippen LogP contribution < -0.4 is 5.73 Å². The first-order valence-electron chi connectivity index (χ1n) is 5.79. The van der Waals surface area contributed by atoms with Crippen molar-refractivity contribution in [2.24, 2.45) is 5.73 Å². The van der Waals surface area contributed by atoms with Gasteiger partial charge in [0.2, 0.25) is 0 Å². The van der Waals surface area contributed by atoms with E-state index in [0.717, 1.165) is 5.56 Å².